The van der Waals surface area contributed by atoms with Gasteiger partial charge in [-0.1, -0.05) is 12.1 Å². The van der Waals surface area contributed by atoms with Gasteiger partial charge in [0.2, 0.25) is 0 Å². The van der Waals surface area contributed by atoms with Crippen LogP contribution in [0.5, 0.6) is 0 Å². The van der Waals surface area contributed by atoms with Crippen molar-refractivity contribution in [3.05, 3.63) is 35.6 Å². The summed E-state index contributed by atoms with van der Waals surface area (Å²) in [5, 5.41) is 2.13. The van der Waals surface area contributed by atoms with Crippen molar-refractivity contribution in [3.63, 3.8) is 0 Å². The van der Waals surface area contributed by atoms with Crippen LogP contribution in [-0.2, 0) is 16.0 Å². The van der Waals surface area contributed by atoms with Crippen LogP contribution in [0.25, 0.3) is 0 Å². The molecule has 0 aliphatic heterocycles. The molecule has 0 saturated carbocycles. The molecule has 1 aromatic rings. The van der Waals surface area contributed by atoms with Crippen LogP contribution in [0.3, 0.4) is 0 Å². The molecule has 7 heteroatoms. The Morgan fingerprint density at radius 3 is 2.50 bits per heavy atom. The lowest BCUT2D eigenvalue weighted by atomic mass is 9.92. The SMILES string of the molecule is COC(=O)C(C)(Cc1cccc(F)c1)NCC(F)(F)F. The maximum absolute atomic E-state index is 13.1. The number of alkyl halides is 3. The number of carbonyl (C=O) groups excluding carboxylic acids is 1. The minimum Gasteiger partial charge on any atom is -0.468 e. The fraction of sp³-hybridized carbons (Fsp3) is 0.462. The Bertz CT molecular complexity index is 476. The molecule has 0 amide bonds. The number of methoxy groups -OCH3 is 1. The molecule has 0 fully saturated rings. The lowest BCUT2D eigenvalue weighted by Gasteiger charge is -2.28. The van der Waals surface area contributed by atoms with Crippen molar-refractivity contribution in [1.82, 2.24) is 5.32 Å². The standard InChI is InChI=1S/C13H15F4NO2/c1-12(11(19)20-2,18-8-13(15,16)17)7-9-4-3-5-10(14)6-9/h3-6,18H,7-8H2,1-2H3. The number of ether oxygens (including phenoxy) is 1. The van der Waals surface area contributed by atoms with Gasteiger partial charge in [0.05, 0.1) is 13.7 Å². The van der Waals surface area contributed by atoms with Crippen LogP contribution in [0, 0.1) is 5.82 Å². The second kappa shape index (κ2) is 6.21. The number of esters is 1. The van der Waals surface area contributed by atoms with Crippen molar-refractivity contribution in [3.8, 4) is 0 Å². The van der Waals surface area contributed by atoms with Gasteiger partial charge in [0.1, 0.15) is 11.4 Å². The Hall–Kier alpha value is -1.63. The third-order valence-corrected chi connectivity index (χ3v) is 2.76. The van der Waals surface area contributed by atoms with E-state index in [4.69, 9.17) is 0 Å². The maximum Gasteiger partial charge on any atom is 0.401 e. The van der Waals surface area contributed by atoms with E-state index < -0.39 is 30.0 Å². The number of benzene rings is 1. The van der Waals surface area contributed by atoms with Gasteiger partial charge < -0.3 is 4.74 Å². The first-order valence-corrected chi connectivity index (χ1v) is 5.81. The second-order valence-electron chi connectivity index (χ2n) is 4.60. The van der Waals surface area contributed by atoms with Crippen molar-refractivity contribution in [2.75, 3.05) is 13.7 Å². The summed E-state index contributed by atoms with van der Waals surface area (Å²) in [5.41, 5.74) is -1.19. The molecule has 1 atom stereocenters. The van der Waals surface area contributed by atoms with Gasteiger partial charge in [-0.05, 0) is 24.6 Å². The van der Waals surface area contributed by atoms with Crippen LogP contribution in [0.4, 0.5) is 17.6 Å². The van der Waals surface area contributed by atoms with E-state index in [2.05, 4.69) is 10.1 Å². The zero-order valence-electron chi connectivity index (χ0n) is 11.1. The lowest BCUT2D eigenvalue weighted by molar-refractivity contribution is -0.152. The highest BCUT2D eigenvalue weighted by Crippen LogP contribution is 2.19. The maximum atomic E-state index is 13.1. The molecule has 20 heavy (non-hydrogen) atoms. The fourth-order valence-corrected chi connectivity index (χ4v) is 1.78. The second-order valence-corrected chi connectivity index (χ2v) is 4.60. The zero-order chi connectivity index (χ0) is 15.4. The Balaban J connectivity index is 2.91. The topological polar surface area (TPSA) is 38.3 Å². The molecule has 1 rings (SSSR count). The number of rotatable bonds is 5. The van der Waals surface area contributed by atoms with E-state index in [-0.39, 0.29) is 6.42 Å². The molecule has 0 aliphatic carbocycles. The Kier molecular flexibility index (Phi) is 5.10. The number of carbonyl (C=O) groups is 1. The van der Waals surface area contributed by atoms with E-state index in [1.807, 2.05) is 0 Å². The largest absolute Gasteiger partial charge is 0.468 e. The molecular weight excluding hydrogens is 278 g/mol. The van der Waals surface area contributed by atoms with Gasteiger partial charge in [-0.25, -0.2) is 4.39 Å². The predicted octanol–water partition coefficient (Wildman–Crippen LogP) is 2.45. The van der Waals surface area contributed by atoms with Crippen molar-refractivity contribution >= 4 is 5.97 Å². The third-order valence-electron chi connectivity index (χ3n) is 2.76. The molecule has 1 unspecified atom stereocenters. The first-order chi connectivity index (χ1) is 9.16. The van der Waals surface area contributed by atoms with E-state index in [9.17, 15) is 22.4 Å². The number of halogens is 4. The first kappa shape index (κ1) is 16.4. The van der Waals surface area contributed by atoms with Crippen LogP contribution in [0.1, 0.15) is 12.5 Å². The van der Waals surface area contributed by atoms with E-state index in [0.717, 1.165) is 13.2 Å². The first-order valence-electron chi connectivity index (χ1n) is 5.81. The van der Waals surface area contributed by atoms with E-state index in [0.29, 0.717) is 5.56 Å². The number of hydrogen-bond acceptors (Lipinski definition) is 3. The van der Waals surface area contributed by atoms with Crippen LogP contribution in [0.2, 0.25) is 0 Å². The molecule has 112 valence electrons. The summed E-state index contributed by atoms with van der Waals surface area (Å²) >= 11 is 0. The summed E-state index contributed by atoms with van der Waals surface area (Å²) in [7, 11) is 1.08. The minimum atomic E-state index is -4.46. The van der Waals surface area contributed by atoms with Gasteiger partial charge in [0, 0.05) is 6.42 Å². The summed E-state index contributed by atoms with van der Waals surface area (Å²) in [4.78, 5) is 11.7. The van der Waals surface area contributed by atoms with Gasteiger partial charge in [-0.3, -0.25) is 10.1 Å². The van der Waals surface area contributed by atoms with Gasteiger partial charge in [-0.15, -0.1) is 0 Å². The number of nitrogens with one attached hydrogen (secondary N) is 1. The van der Waals surface area contributed by atoms with Crippen LogP contribution in [-0.4, -0.2) is 31.3 Å². The summed E-state index contributed by atoms with van der Waals surface area (Å²) in [6, 6.07) is 5.32. The summed E-state index contributed by atoms with van der Waals surface area (Å²) in [5.74, 6) is -1.36. The highest BCUT2D eigenvalue weighted by Gasteiger charge is 2.38. The van der Waals surface area contributed by atoms with Gasteiger partial charge >= 0.3 is 12.1 Å². The molecule has 0 saturated heterocycles. The molecule has 1 aromatic carbocycles. The quantitative estimate of drug-likeness (QED) is 0.669. The molecular formula is C13H15F4NO2. The van der Waals surface area contributed by atoms with E-state index in [1.54, 1.807) is 0 Å². The van der Waals surface area contributed by atoms with Crippen molar-refractivity contribution in [1.29, 1.82) is 0 Å². The number of hydrogen-bond donors (Lipinski definition) is 1. The van der Waals surface area contributed by atoms with E-state index >= 15 is 0 Å². The Morgan fingerprint density at radius 2 is 2.00 bits per heavy atom. The fourth-order valence-electron chi connectivity index (χ4n) is 1.78. The van der Waals surface area contributed by atoms with Gasteiger partial charge in [0.25, 0.3) is 0 Å². The van der Waals surface area contributed by atoms with Crippen LogP contribution >= 0.6 is 0 Å². The molecule has 0 heterocycles. The normalized spacial score (nSPS) is 14.7. The molecule has 0 radical (unpaired) electrons. The predicted molar refractivity (Wildman–Crippen MR) is 64.6 cm³/mol. The molecule has 1 N–H and O–H groups in total. The summed E-state index contributed by atoms with van der Waals surface area (Å²) in [6.45, 7) is -0.0522. The molecule has 3 nitrogen and oxygen atoms in total. The van der Waals surface area contributed by atoms with Crippen LogP contribution in [0.15, 0.2) is 24.3 Å². The zero-order valence-corrected chi connectivity index (χ0v) is 11.1. The van der Waals surface area contributed by atoms with Gasteiger partial charge in [-0.2, -0.15) is 13.2 Å². The highest BCUT2D eigenvalue weighted by atomic mass is 19.4. The van der Waals surface area contributed by atoms with Gasteiger partial charge in [0.15, 0.2) is 0 Å². The van der Waals surface area contributed by atoms with Crippen molar-refractivity contribution in [2.45, 2.75) is 25.1 Å². The van der Waals surface area contributed by atoms with Crippen molar-refractivity contribution < 1.29 is 27.1 Å². The van der Waals surface area contributed by atoms with Crippen molar-refractivity contribution in [2.24, 2.45) is 0 Å². The Morgan fingerprint density at radius 1 is 1.35 bits per heavy atom. The third kappa shape index (κ3) is 4.80. The Labute approximate surface area is 113 Å². The smallest absolute Gasteiger partial charge is 0.401 e. The van der Waals surface area contributed by atoms with E-state index in [1.165, 1.54) is 25.1 Å². The minimum absolute atomic E-state index is 0.118. The molecule has 0 bridgehead atoms. The molecule has 0 aliphatic rings. The van der Waals surface area contributed by atoms with Crippen LogP contribution < -0.4 is 5.32 Å². The lowest BCUT2D eigenvalue weighted by Crippen LogP contribution is -2.54. The highest BCUT2D eigenvalue weighted by molar-refractivity contribution is 5.80. The molecule has 0 aromatic heterocycles. The summed E-state index contributed by atoms with van der Waals surface area (Å²) in [6.07, 6.45) is -4.58. The summed E-state index contributed by atoms with van der Waals surface area (Å²) < 4.78 is 54.4. The monoisotopic (exact) mass is 293 g/mol. The molecule has 0 spiro atoms. The average Bonchev–Trinajstić information content (AvgIpc) is 2.34. The average molecular weight is 293 g/mol.